The third-order valence-electron chi connectivity index (χ3n) is 5.29. The zero-order valence-electron chi connectivity index (χ0n) is 16.7. The highest BCUT2D eigenvalue weighted by molar-refractivity contribution is 5.79. The second-order valence-corrected chi connectivity index (χ2v) is 7.77. The number of hydrogen-bond donors (Lipinski definition) is 1. The molecule has 1 saturated carbocycles. The predicted molar refractivity (Wildman–Crippen MR) is 107 cm³/mol. The number of aryl methyl sites for hydroxylation is 1. The lowest BCUT2D eigenvalue weighted by atomic mass is 9.96. The molecule has 0 radical (unpaired) electrons. The van der Waals surface area contributed by atoms with E-state index in [0.717, 1.165) is 24.7 Å². The van der Waals surface area contributed by atoms with Gasteiger partial charge in [0.1, 0.15) is 0 Å². The highest BCUT2D eigenvalue weighted by atomic mass is 15.3. The molecule has 140 valence electrons. The SMILES string of the molecule is CN=C(NCC1(c2ccccc2)CC1)N(C)Cc1cn(C)nc1C(C)C. The maximum absolute atomic E-state index is 4.61. The molecular formula is C21H31N5. The Balaban J connectivity index is 1.64. The van der Waals surface area contributed by atoms with Crippen LogP contribution in [0.3, 0.4) is 0 Å². The molecule has 1 aromatic carbocycles. The van der Waals surface area contributed by atoms with Crippen LogP contribution < -0.4 is 5.32 Å². The molecule has 0 bridgehead atoms. The van der Waals surface area contributed by atoms with E-state index in [1.54, 1.807) is 0 Å². The van der Waals surface area contributed by atoms with Crippen molar-refractivity contribution in [2.24, 2.45) is 12.0 Å². The van der Waals surface area contributed by atoms with Gasteiger partial charge in [0.2, 0.25) is 0 Å². The molecule has 3 rings (SSSR count). The minimum Gasteiger partial charge on any atom is -0.355 e. The van der Waals surface area contributed by atoms with E-state index in [2.05, 4.69) is 77.7 Å². The number of nitrogens with zero attached hydrogens (tertiary/aromatic N) is 4. The van der Waals surface area contributed by atoms with Gasteiger partial charge in [-0.15, -0.1) is 0 Å². The van der Waals surface area contributed by atoms with Gasteiger partial charge in [-0.2, -0.15) is 5.10 Å². The van der Waals surface area contributed by atoms with E-state index in [9.17, 15) is 0 Å². The van der Waals surface area contributed by atoms with E-state index in [1.807, 2.05) is 18.8 Å². The van der Waals surface area contributed by atoms with E-state index in [4.69, 9.17) is 0 Å². The largest absolute Gasteiger partial charge is 0.355 e. The van der Waals surface area contributed by atoms with Crippen LogP contribution in [0, 0.1) is 0 Å². The zero-order valence-corrected chi connectivity index (χ0v) is 16.7. The molecule has 5 heteroatoms. The molecule has 1 N–H and O–H groups in total. The molecule has 0 spiro atoms. The van der Waals surface area contributed by atoms with Crippen LogP contribution in [0.5, 0.6) is 0 Å². The van der Waals surface area contributed by atoms with E-state index in [-0.39, 0.29) is 5.41 Å². The third kappa shape index (κ3) is 3.92. The Morgan fingerprint density at radius 2 is 2.00 bits per heavy atom. The van der Waals surface area contributed by atoms with Crippen molar-refractivity contribution in [3.63, 3.8) is 0 Å². The van der Waals surface area contributed by atoms with E-state index in [1.165, 1.54) is 24.0 Å². The van der Waals surface area contributed by atoms with Crippen LogP contribution >= 0.6 is 0 Å². The standard InChI is InChI=1S/C21H31N5/c1-16(2)19-17(14-26(5)24-19)13-25(4)20(22-3)23-15-21(11-12-21)18-9-7-6-8-10-18/h6-10,14,16H,11-13,15H2,1-5H3,(H,22,23). The summed E-state index contributed by atoms with van der Waals surface area (Å²) >= 11 is 0. The Hall–Kier alpha value is -2.30. The molecule has 1 heterocycles. The van der Waals surface area contributed by atoms with Crippen molar-refractivity contribution in [2.75, 3.05) is 20.6 Å². The van der Waals surface area contributed by atoms with Crippen LogP contribution in [-0.2, 0) is 19.0 Å². The molecule has 0 unspecified atom stereocenters. The van der Waals surface area contributed by atoms with Gasteiger partial charge < -0.3 is 10.2 Å². The number of rotatable bonds is 6. The number of aromatic nitrogens is 2. The molecule has 0 atom stereocenters. The van der Waals surface area contributed by atoms with Crippen molar-refractivity contribution in [1.82, 2.24) is 20.0 Å². The highest BCUT2D eigenvalue weighted by Gasteiger charge is 2.44. The van der Waals surface area contributed by atoms with E-state index < -0.39 is 0 Å². The summed E-state index contributed by atoms with van der Waals surface area (Å²) in [6.45, 7) is 6.11. The molecule has 1 aromatic heterocycles. The number of aliphatic imine (C=N–C) groups is 1. The fourth-order valence-electron chi connectivity index (χ4n) is 3.64. The summed E-state index contributed by atoms with van der Waals surface area (Å²) in [5.41, 5.74) is 4.13. The van der Waals surface area contributed by atoms with Crippen LogP contribution in [0.25, 0.3) is 0 Å². The normalized spacial score (nSPS) is 16.0. The minimum atomic E-state index is 0.273. The maximum atomic E-state index is 4.61. The van der Waals surface area contributed by atoms with Crippen molar-refractivity contribution in [3.8, 4) is 0 Å². The Morgan fingerprint density at radius 1 is 1.31 bits per heavy atom. The monoisotopic (exact) mass is 353 g/mol. The lowest BCUT2D eigenvalue weighted by Crippen LogP contribution is -2.42. The van der Waals surface area contributed by atoms with Crippen LogP contribution in [0.1, 0.15) is 49.4 Å². The highest BCUT2D eigenvalue weighted by Crippen LogP contribution is 2.47. The Morgan fingerprint density at radius 3 is 2.58 bits per heavy atom. The average molecular weight is 354 g/mol. The third-order valence-corrected chi connectivity index (χ3v) is 5.29. The second kappa shape index (κ2) is 7.52. The van der Waals surface area contributed by atoms with Gasteiger partial charge in [-0.3, -0.25) is 9.67 Å². The number of hydrogen-bond acceptors (Lipinski definition) is 2. The van der Waals surface area contributed by atoms with Crippen LogP contribution in [0.4, 0.5) is 0 Å². The van der Waals surface area contributed by atoms with Gasteiger partial charge in [-0.25, -0.2) is 0 Å². The van der Waals surface area contributed by atoms with Crippen molar-refractivity contribution in [2.45, 2.75) is 44.6 Å². The van der Waals surface area contributed by atoms with E-state index >= 15 is 0 Å². The number of nitrogens with one attached hydrogen (secondary N) is 1. The first kappa shape index (κ1) is 18.5. The summed E-state index contributed by atoms with van der Waals surface area (Å²) in [6.07, 6.45) is 4.60. The van der Waals surface area contributed by atoms with Gasteiger partial charge in [0, 0.05) is 51.4 Å². The minimum absolute atomic E-state index is 0.273. The molecule has 5 nitrogen and oxygen atoms in total. The lowest BCUT2D eigenvalue weighted by molar-refractivity contribution is 0.467. The first-order valence-corrected chi connectivity index (χ1v) is 9.45. The van der Waals surface area contributed by atoms with Gasteiger partial charge in [0.05, 0.1) is 5.69 Å². The molecule has 0 saturated heterocycles. The van der Waals surface area contributed by atoms with Gasteiger partial charge in [-0.05, 0) is 24.3 Å². The summed E-state index contributed by atoms with van der Waals surface area (Å²) < 4.78 is 1.91. The quantitative estimate of drug-likeness (QED) is 0.640. The topological polar surface area (TPSA) is 45.5 Å². The number of guanidine groups is 1. The average Bonchev–Trinajstić information content (AvgIpc) is 3.33. The summed E-state index contributed by atoms with van der Waals surface area (Å²) in [6, 6.07) is 10.8. The predicted octanol–water partition coefficient (Wildman–Crippen LogP) is 3.28. The molecule has 0 amide bonds. The van der Waals surface area contributed by atoms with Crippen molar-refractivity contribution in [1.29, 1.82) is 0 Å². The second-order valence-electron chi connectivity index (χ2n) is 7.77. The lowest BCUT2D eigenvalue weighted by Gasteiger charge is -2.25. The van der Waals surface area contributed by atoms with Crippen LogP contribution in [-0.4, -0.2) is 41.3 Å². The van der Waals surface area contributed by atoms with Gasteiger partial charge in [0.15, 0.2) is 5.96 Å². The Bertz CT molecular complexity index is 756. The molecule has 2 aromatic rings. The zero-order chi connectivity index (χ0) is 18.7. The first-order valence-electron chi connectivity index (χ1n) is 9.45. The van der Waals surface area contributed by atoms with Gasteiger partial charge in [0.25, 0.3) is 0 Å². The summed E-state index contributed by atoms with van der Waals surface area (Å²) in [4.78, 5) is 6.68. The Kier molecular flexibility index (Phi) is 5.35. The smallest absolute Gasteiger partial charge is 0.193 e. The van der Waals surface area contributed by atoms with Crippen molar-refractivity contribution >= 4 is 5.96 Å². The van der Waals surface area contributed by atoms with Crippen LogP contribution in [0.2, 0.25) is 0 Å². The maximum Gasteiger partial charge on any atom is 0.193 e. The van der Waals surface area contributed by atoms with Crippen LogP contribution in [0.15, 0.2) is 41.5 Å². The fraction of sp³-hybridized carbons (Fsp3) is 0.524. The summed E-state index contributed by atoms with van der Waals surface area (Å²) in [5.74, 6) is 1.35. The first-order chi connectivity index (χ1) is 12.4. The molecular weight excluding hydrogens is 322 g/mol. The number of benzene rings is 1. The van der Waals surface area contributed by atoms with Crippen molar-refractivity contribution in [3.05, 3.63) is 53.3 Å². The summed E-state index contributed by atoms with van der Waals surface area (Å²) in [7, 11) is 5.93. The van der Waals surface area contributed by atoms with Gasteiger partial charge in [-0.1, -0.05) is 44.2 Å². The molecule has 1 fully saturated rings. The fourth-order valence-corrected chi connectivity index (χ4v) is 3.64. The Labute approximate surface area is 157 Å². The summed E-state index contributed by atoms with van der Waals surface area (Å²) in [5, 5.41) is 8.21. The van der Waals surface area contributed by atoms with E-state index in [0.29, 0.717) is 5.92 Å². The molecule has 1 aliphatic rings. The van der Waals surface area contributed by atoms with Crippen molar-refractivity contribution < 1.29 is 0 Å². The molecule has 0 aliphatic heterocycles. The molecule has 26 heavy (non-hydrogen) atoms. The molecule has 1 aliphatic carbocycles. The van der Waals surface area contributed by atoms with Gasteiger partial charge >= 0.3 is 0 Å².